The molecule has 0 saturated carbocycles. The highest BCUT2D eigenvalue weighted by atomic mass is 16.2. The Kier molecular flexibility index (Phi) is 5.16. The number of piperidine rings is 1. The van der Waals surface area contributed by atoms with Gasteiger partial charge in [0.15, 0.2) is 0 Å². The molecule has 6 nitrogen and oxygen atoms in total. The monoisotopic (exact) mass is 340 g/mol. The fourth-order valence-corrected chi connectivity index (χ4v) is 3.22. The fourth-order valence-electron chi connectivity index (χ4n) is 3.22. The molecule has 1 aromatic carbocycles. The molecule has 6 heteroatoms. The molecule has 0 bridgehead atoms. The third kappa shape index (κ3) is 3.90. The first-order valence-electron chi connectivity index (χ1n) is 8.70. The summed E-state index contributed by atoms with van der Waals surface area (Å²) in [5.74, 6) is 0.0418. The minimum atomic E-state index is -0.298. The highest BCUT2D eigenvalue weighted by Crippen LogP contribution is 2.16. The van der Waals surface area contributed by atoms with Gasteiger partial charge in [0.05, 0.1) is 0 Å². The van der Waals surface area contributed by atoms with Gasteiger partial charge in [0.25, 0.3) is 5.91 Å². The normalized spacial score (nSPS) is 16.5. The molecule has 1 aliphatic heterocycles. The van der Waals surface area contributed by atoms with Crippen molar-refractivity contribution in [3.8, 4) is 0 Å². The Hall–Kier alpha value is -2.63. The zero-order chi connectivity index (χ0) is 17.8. The molecule has 2 heterocycles. The number of rotatable bonds is 4. The van der Waals surface area contributed by atoms with Crippen LogP contribution in [0.25, 0.3) is 0 Å². The number of carbonyl (C=O) groups is 2. The van der Waals surface area contributed by atoms with Gasteiger partial charge in [-0.3, -0.25) is 14.3 Å². The smallest absolute Gasteiger partial charge is 0.251 e. The lowest BCUT2D eigenvalue weighted by molar-refractivity contribution is -0.135. The number of aryl methyl sites for hydroxylation is 1. The van der Waals surface area contributed by atoms with E-state index in [0.717, 1.165) is 18.4 Å². The van der Waals surface area contributed by atoms with E-state index < -0.39 is 0 Å². The van der Waals surface area contributed by atoms with Crippen LogP contribution >= 0.6 is 0 Å². The van der Waals surface area contributed by atoms with Crippen LogP contribution in [0.15, 0.2) is 42.7 Å². The van der Waals surface area contributed by atoms with Crippen molar-refractivity contribution in [1.29, 1.82) is 0 Å². The molecule has 0 radical (unpaired) electrons. The first-order chi connectivity index (χ1) is 12.1. The summed E-state index contributed by atoms with van der Waals surface area (Å²) in [7, 11) is 0. The lowest BCUT2D eigenvalue weighted by Gasteiger charge is -2.34. The number of carbonyl (C=O) groups excluding carboxylic acids is 2. The Bertz CT molecular complexity index is 734. The lowest BCUT2D eigenvalue weighted by atomic mass is 10.0. The van der Waals surface area contributed by atoms with Gasteiger partial charge in [0.2, 0.25) is 5.91 Å². The van der Waals surface area contributed by atoms with E-state index in [2.05, 4.69) is 10.4 Å². The maximum absolute atomic E-state index is 12.6. The van der Waals surface area contributed by atoms with Crippen LogP contribution < -0.4 is 5.32 Å². The molecule has 1 N–H and O–H groups in total. The molecule has 1 atom stereocenters. The van der Waals surface area contributed by atoms with Crippen LogP contribution in [0.4, 0.5) is 0 Å². The van der Waals surface area contributed by atoms with E-state index in [9.17, 15) is 9.59 Å². The van der Waals surface area contributed by atoms with Gasteiger partial charge in [0.1, 0.15) is 6.04 Å². The summed E-state index contributed by atoms with van der Waals surface area (Å²) in [6.45, 7) is 5.11. The second-order valence-electron chi connectivity index (χ2n) is 6.55. The lowest BCUT2D eigenvalue weighted by Crippen LogP contribution is -2.48. The number of nitrogens with one attached hydrogen (secondary N) is 1. The standard InChI is InChI=1S/C19H24N4O2/c1-14-6-3-4-7-17(14)18(24)21-16-8-12-22(13-9-16)19(25)15(2)23-11-5-10-20-23/h3-7,10-11,15-16H,8-9,12-13H2,1-2H3,(H,21,24). The topological polar surface area (TPSA) is 67.2 Å². The maximum Gasteiger partial charge on any atom is 0.251 e. The van der Waals surface area contributed by atoms with Crippen LogP contribution in [-0.4, -0.2) is 45.6 Å². The maximum atomic E-state index is 12.6. The molecule has 0 aliphatic carbocycles. The van der Waals surface area contributed by atoms with E-state index in [0.29, 0.717) is 18.7 Å². The highest BCUT2D eigenvalue weighted by Gasteiger charge is 2.27. The van der Waals surface area contributed by atoms with E-state index in [1.54, 1.807) is 17.1 Å². The third-order valence-electron chi connectivity index (χ3n) is 4.81. The van der Waals surface area contributed by atoms with Gasteiger partial charge < -0.3 is 10.2 Å². The molecule has 2 amide bonds. The fraction of sp³-hybridized carbons (Fsp3) is 0.421. The number of hydrogen-bond donors (Lipinski definition) is 1. The van der Waals surface area contributed by atoms with Gasteiger partial charge in [-0.05, 0) is 44.4 Å². The van der Waals surface area contributed by atoms with Crippen LogP contribution in [0.3, 0.4) is 0 Å². The zero-order valence-corrected chi connectivity index (χ0v) is 14.7. The zero-order valence-electron chi connectivity index (χ0n) is 14.7. The molecular weight excluding hydrogens is 316 g/mol. The van der Waals surface area contributed by atoms with Crippen molar-refractivity contribution in [3.63, 3.8) is 0 Å². The number of nitrogens with zero attached hydrogens (tertiary/aromatic N) is 3. The molecule has 1 saturated heterocycles. The molecule has 3 rings (SSSR count). The first kappa shape index (κ1) is 17.2. The summed E-state index contributed by atoms with van der Waals surface area (Å²) in [6.07, 6.45) is 5.03. The van der Waals surface area contributed by atoms with E-state index in [1.165, 1.54) is 0 Å². The Morgan fingerprint density at radius 3 is 2.56 bits per heavy atom. The van der Waals surface area contributed by atoms with E-state index in [-0.39, 0.29) is 23.9 Å². The van der Waals surface area contributed by atoms with Crippen molar-refractivity contribution < 1.29 is 9.59 Å². The van der Waals surface area contributed by atoms with Crippen molar-refractivity contribution in [3.05, 3.63) is 53.9 Å². The Balaban J connectivity index is 1.53. The van der Waals surface area contributed by atoms with Gasteiger partial charge in [-0.1, -0.05) is 18.2 Å². The predicted octanol–water partition coefficient (Wildman–Crippen LogP) is 2.17. The molecule has 0 spiro atoms. The second kappa shape index (κ2) is 7.51. The number of aromatic nitrogens is 2. The van der Waals surface area contributed by atoms with Crippen molar-refractivity contribution in [2.75, 3.05) is 13.1 Å². The van der Waals surface area contributed by atoms with Crippen molar-refractivity contribution in [1.82, 2.24) is 20.0 Å². The minimum Gasteiger partial charge on any atom is -0.349 e. The molecular formula is C19H24N4O2. The van der Waals surface area contributed by atoms with Gasteiger partial charge >= 0.3 is 0 Å². The average molecular weight is 340 g/mol. The number of amides is 2. The molecule has 1 aliphatic rings. The summed E-state index contributed by atoms with van der Waals surface area (Å²) < 4.78 is 1.67. The quantitative estimate of drug-likeness (QED) is 0.927. The number of hydrogen-bond acceptors (Lipinski definition) is 3. The Morgan fingerprint density at radius 1 is 1.20 bits per heavy atom. The van der Waals surface area contributed by atoms with Crippen LogP contribution in [0, 0.1) is 6.92 Å². The van der Waals surface area contributed by atoms with E-state index in [4.69, 9.17) is 0 Å². The molecule has 1 fully saturated rings. The molecule has 1 aromatic heterocycles. The van der Waals surface area contributed by atoms with Crippen LogP contribution in [0.5, 0.6) is 0 Å². The molecule has 132 valence electrons. The predicted molar refractivity (Wildman–Crippen MR) is 95.2 cm³/mol. The Labute approximate surface area is 147 Å². The number of benzene rings is 1. The van der Waals surface area contributed by atoms with Crippen LogP contribution in [-0.2, 0) is 4.79 Å². The summed E-state index contributed by atoms with van der Waals surface area (Å²) in [5.41, 5.74) is 1.69. The third-order valence-corrected chi connectivity index (χ3v) is 4.81. The summed E-state index contributed by atoms with van der Waals surface area (Å²) in [5, 5.41) is 7.24. The number of likely N-dealkylation sites (tertiary alicyclic amines) is 1. The van der Waals surface area contributed by atoms with E-state index >= 15 is 0 Å². The highest BCUT2D eigenvalue weighted by molar-refractivity contribution is 5.95. The van der Waals surface area contributed by atoms with Gasteiger partial charge in [0, 0.05) is 37.1 Å². The largest absolute Gasteiger partial charge is 0.349 e. The van der Waals surface area contributed by atoms with Crippen molar-refractivity contribution in [2.24, 2.45) is 0 Å². The van der Waals surface area contributed by atoms with E-state index in [1.807, 2.05) is 49.1 Å². The molecule has 2 aromatic rings. The van der Waals surface area contributed by atoms with Crippen LogP contribution in [0.1, 0.15) is 41.7 Å². The van der Waals surface area contributed by atoms with Gasteiger partial charge in [-0.2, -0.15) is 5.10 Å². The van der Waals surface area contributed by atoms with Crippen molar-refractivity contribution >= 4 is 11.8 Å². The summed E-state index contributed by atoms with van der Waals surface area (Å²) in [6, 6.07) is 9.21. The second-order valence-corrected chi connectivity index (χ2v) is 6.55. The van der Waals surface area contributed by atoms with Gasteiger partial charge in [-0.25, -0.2) is 0 Å². The SMILES string of the molecule is Cc1ccccc1C(=O)NC1CCN(C(=O)C(C)n2cccn2)CC1. The Morgan fingerprint density at radius 2 is 1.92 bits per heavy atom. The first-order valence-corrected chi connectivity index (χ1v) is 8.70. The summed E-state index contributed by atoms with van der Waals surface area (Å²) in [4.78, 5) is 26.8. The molecule has 25 heavy (non-hydrogen) atoms. The molecule has 1 unspecified atom stereocenters. The van der Waals surface area contributed by atoms with Crippen LogP contribution in [0.2, 0.25) is 0 Å². The summed E-state index contributed by atoms with van der Waals surface area (Å²) >= 11 is 0. The van der Waals surface area contributed by atoms with Crippen molar-refractivity contribution in [2.45, 2.75) is 38.8 Å². The average Bonchev–Trinajstić information content (AvgIpc) is 3.16. The van der Waals surface area contributed by atoms with Gasteiger partial charge in [-0.15, -0.1) is 0 Å². The minimum absolute atomic E-state index is 0.0345.